The molecule has 186 valence electrons. The Morgan fingerprint density at radius 2 is 1.67 bits per heavy atom. The first-order valence-corrected chi connectivity index (χ1v) is 12.6. The highest BCUT2D eigenvalue weighted by Gasteiger charge is 2.55. The molecule has 2 amide bonds. The number of carbonyl (C=O) groups excluding carboxylic acids is 2. The van der Waals surface area contributed by atoms with Gasteiger partial charge < -0.3 is 14.9 Å². The van der Waals surface area contributed by atoms with E-state index in [4.69, 9.17) is 0 Å². The first-order valence-electron chi connectivity index (χ1n) is 12.6. The van der Waals surface area contributed by atoms with Crippen molar-refractivity contribution in [3.63, 3.8) is 0 Å². The van der Waals surface area contributed by atoms with Gasteiger partial charge in [0.15, 0.2) is 0 Å². The van der Waals surface area contributed by atoms with Gasteiger partial charge in [-0.3, -0.25) is 14.9 Å². The number of hydrogen-bond donors (Lipinski definition) is 2. The van der Waals surface area contributed by atoms with Crippen LogP contribution in [0.15, 0.2) is 72.8 Å². The summed E-state index contributed by atoms with van der Waals surface area (Å²) in [6.45, 7) is 2.67. The van der Waals surface area contributed by atoms with Crippen LogP contribution in [0, 0.1) is 0 Å². The number of amides is 2. The van der Waals surface area contributed by atoms with Gasteiger partial charge in [-0.25, -0.2) is 4.79 Å². The van der Waals surface area contributed by atoms with Crippen molar-refractivity contribution in [2.45, 2.75) is 50.4 Å². The molecule has 0 radical (unpaired) electrons. The van der Waals surface area contributed by atoms with E-state index in [1.165, 1.54) is 0 Å². The van der Waals surface area contributed by atoms with Crippen LogP contribution in [-0.2, 0) is 16.0 Å². The van der Waals surface area contributed by atoms with Crippen molar-refractivity contribution in [1.29, 1.82) is 0 Å². The number of hydrogen-bond acceptors (Lipinski definition) is 4. The van der Waals surface area contributed by atoms with Crippen LogP contribution in [0.3, 0.4) is 0 Å². The molecule has 3 aromatic rings. The van der Waals surface area contributed by atoms with Gasteiger partial charge >= 0.3 is 5.97 Å². The molecule has 2 unspecified atom stereocenters. The molecular weight excluding hydrogens is 454 g/mol. The average molecular weight is 486 g/mol. The van der Waals surface area contributed by atoms with Gasteiger partial charge in [0, 0.05) is 31.5 Å². The second-order valence-corrected chi connectivity index (χ2v) is 9.71. The second kappa shape index (κ2) is 9.74. The van der Waals surface area contributed by atoms with Crippen LogP contribution in [0.25, 0.3) is 10.8 Å². The third-order valence-electron chi connectivity index (χ3n) is 7.60. The van der Waals surface area contributed by atoms with Crippen molar-refractivity contribution >= 4 is 28.6 Å². The first-order chi connectivity index (χ1) is 17.4. The molecule has 7 nitrogen and oxygen atoms in total. The van der Waals surface area contributed by atoms with Gasteiger partial charge in [0.1, 0.15) is 6.04 Å². The smallest absolute Gasteiger partial charge is 0.326 e. The topological polar surface area (TPSA) is 89.9 Å². The highest BCUT2D eigenvalue weighted by molar-refractivity contribution is 6.07. The van der Waals surface area contributed by atoms with Crippen LogP contribution >= 0.6 is 0 Å². The number of likely N-dealkylation sites (tertiary alicyclic amines) is 1. The maximum Gasteiger partial charge on any atom is 0.326 e. The second-order valence-electron chi connectivity index (χ2n) is 9.71. The predicted octanol–water partition coefficient (Wildman–Crippen LogP) is 3.68. The molecule has 0 bridgehead atoms. The van der Waals surface area contributed by atoms with Crippen LogP contribution in [-0.4, -0.2) is 63.5 Å². The molecule has 3 aromatic carbocycles. The van der Waals surface area contributed by atoms with E-state index in [0.717, 1.165) is 16.3 Å². The van der Waals surface area contributed by atoms with Crippen LogP contribution in [0.2, 0.25) is 0 Å². The number of carboxylic acids is 1. The van der Waals surface area contributed by atoms with E-state index in [1.807, 2.05) is 77.7 Å². The monoisotopic (exact) mass is 485 g/mol. The van der Waals surface area contributed by atoms with E-state index in [-0.39, 0.29) is 11.8 Å². The Hall–Kier alpha value is -3.71. The van der Waals surface area contributed by atoms with Crippen LogP contribution < -0.4 is 5.32 Å². The molecule has 2 aliphatic heterocycles. The van der Waals surface area contributed by atoms with E-state index < -0.39 is 23.7 Å². The Bertz CT molecular complexity index is 1280. The van der Waals surface area contributed by atoms with Crippen LogP contribution in [0.5, 0.6) is 0 Å². The maximum absolute atomic E-state index is 13.6. The minimum atomic E-state index is -0.998. The number of rotatable bonds is 6. The van der Waals surface area contributed by atoms with E-state index in [0.29, 0.717) is 44.3 Å². The predicted molar refractivity (Wildman–Crippen MR) is 137 cm³/mol. The Morgan fingerprint density at radius 1 is 1.00 bits per heavy atom. The molecule has 2 N–H and O–H groups in total. The van der Waals surface area contributed by atoms with E-state index >= 15 is 0 Å². The number of piperidine rings is 1. The summed E-state index contributed by atoms with van der Waals surface area (Å²) in [4.78, 5) is 42.6. The molecule has 2 saturated heterocycles. The summed E-state index contributed by atoms with van der Waals surface area (Å²) >= 11 is 0. The van der Waals surface area contributed by atoms with Gasteiger partial charge in [0.05, 0.1) is 11.7 Å². The summed E-state index contributed by atoms with van der Waals surface area (Å²) in [7, 11) is 0. The average Bonchev–Trinajstić information content (AvgIpc) is 3.15. The van der Waals surface area contributed by atoms with E-state index in [2.05, 4.69) is 5.32 Å². The van der Waals surface area contributed by atoms with Crippen LogP contribution in [0.1, 0.15) is 42.1 Å². The van der Waals surface area contributed by atoms with Gasteiger partial charge in [-0.2, -0.15) is 0 Å². The van der Waals surface area contributed by atoms with E-state index in [9.17, 15) is 19.5 Å². The Morgan fingerprint density at radius 3 is 2.36 bits per heavy atom. The molecule has 2 fully saturated rings. The molecule has 7 heteroatoms. The SMILES string of the molecule is CCC(C(=O)O)N1C(=O)C(Cc2ccccc2)NC12CCN(C(=O)c1cccc3ccccc13)CC2. The maximum atomic E-state index is 13.6. The quantitative estimate of drug-likeness (QED) is 0.556. The molecule has 0 saturated carbocycles. The lowest BCUT2D eigenvalue weighted by atomic mass is 9.93. The molecular formula is C29H31N3O4. The number of nitrogens with one attached hydrogen (secondary N) is 1. The lowest BCUT2D eigenvalue weighted by Crippen LogP contribution is -2.63. The zero-order valence-corrected chi connectivity index (χ0v) is 20.4. The zero-order valence-electron chi connectivity index (χ0n) is 20.4. The highest BCUT2D eigenvalue weighted by Crippen LogP contribution is 2.36. The largest absolute Gasteiger partial charge is 0.480 e. The fourth-order valence-electron chi connectivity index (χ4n) is 5.79. The normalized spacial score (nSPS) is 20.1. The number of carbonyl (C=O) groups is 3. The number of nitrogens with zero attached hydrogens (tertiary/aromatic N) is 2. The molecule has 5 rings (SSSR count). The van der Waals surface area contributed by atoms with Crippen molar-refractivity contribution in [1.82, 2.24) is 15.1 Å². The van der Waals surface area contributed by atoms with Crippen molar-refractivity contribution < 1.29 is 19.5 Å². The lowest BCUT2D eigenvalue weighted by molar-refractivity contribution is -0.154. The number of carboxylic acid groups (broad SMARTS) is 1. The molecule has 1 spiro atoms. The third-order valence-corrected chi connectivity index (χ3v) is 7.60. The molecule has 0 aliphatic carbocycles. The zero-order chi connectivity index (χ0) is 25.3. The molecule has 2 aliphatic rings. The number of fused-ring (bicyclic) bond motifs is 1. The van der Waals surface area contributed by atoms with Gasteiger partial charge in [0.25, 0.3) is 5.91 Å². The minimum absolute atomic E-state index is 0.0383. The summed E-state index contributed by atoms with van der Waals surface area (Å²) in [6, 6.07) is 21.9. The Labute approximate surface area is 210 Å². The summed E-state index contributed by atoms with van der Waals surface area (Å²) in [5.74, 6) is -1.22. The summed E-state index contributed by atoms with van der Waals surface area (Å²) in [5, 5.41) is 15.4. The van der Waals surface area contributed by atoms with E-state index in [1.54, 1.807) is 11.8 Å². The summed E-state index contributed by atoms with van der Waals surface area (Å²) in [6.07, 6.45) is 1.77. The summed E-state index contributed by atoms with van der Waals surface area (Å²) < 4.78 is 0. The summed E-state index contributed by atoms with van der Waals surface area (Å²) in [5.41, 5.74) is 0.896. The van der Waals surface area contributed by atoms with Gasteiger partial charge in [-0.05, 0) is 35.2 Å². The van der Waals surface area contributed by atoms with Crippen molar-refractivity contribution in [2.75, 3.05) is 13.1 Å². The number of benzene rings is 3. The Kier molecular flexibility index (Phi) is 6.49. The van der Waals surface area contributed by atoms with Crippen molar-refractivity contribution in [3.05, 3.63) is 83.9 Å². The Balaban J connectivity index is 1.39. The molecule has 0 aromatic heterocycles. The number of aliphatic carboxylic acids is 1. The fraction of sp³-hybridized carbons (Fsp3) is 0.345. The molecule has 2 atom stereocenters. The lowest BCUT2D eigenvalue weighted by Gasteiger charge is -2.46. The molecule has 36 heavy (non-hydrogen) atoms. The van der Waals surface area contributed by atoms with Crippen LogP contribution in [0.4, 0.5) is 0 Å². The first kappa shape index (κ1) is 24.0. The minimum Gasteiger partial charge on any atom is -0.480 e. The van der Waals surface area contributed by atoms with Crippen molar-refractivity contribution in [3.8, 4) is 0 Å². The third kappa shape index (κ3) is 4.24. The fourth-order valence-corrected chi connectivity index (χ4v) is 5.79. The standard InChI is InChI=1S/C29H31N3O4/c1-2-25(28(35)36)32-27(34)24(19-20-9-4-3-5-10-20)30-29(32)15-17-31(18-16-29)26(33)23-14-8-12-21-11-6-7-13-22(21)23/h3-14,24-25,30H,2,15-19H2,1H3,(H,35,36). The molecule has 2 heterocycles. The van der Waals surface area contributed by atoms with Gasteiger partial charge in [-0.1, -0.05) is 73.7 Å². The van der Waals surface area contributed by atoms with Gasteiger partial charge in [-0.15, -0.1) is 0 Å². The van der Waals surface area contributed by atoms with Gasteiger partial charge in [0.2, 0.25) is 5.91 Å². The highest BCUT2D eigenvalue weighted by atomic mass is 16.4. The van der Waals surface area contributed by atoms with Crippen molar-refractivity contribution in [2.24, 2.45) is 0 Å².